The Morgan fingerprint density at radius 2 is 1.64 bits per heavy atom. The molecule has 0 radical (unpaired) electrons. The number of likely N-dealkylation sites (N-methyl/N-ethyl adjacent to an activating group) is 1. The van der Waals surface area contributed by atoms with Crippen molar-refractivity contribution in [1.82, 2.24) is 19.6 Å². The standard InChI is InChI=1S/C26H27N5O4S/c1-18(32)27-20-12-14-21(15-13-20)36(34,35)31(2)17-25(33)28-24(16-19-8-4-3-5-9-19)26-29-22-10-6-7-11-23(22)30-26/h3-15,24H,16-17H2,1-2H3,(H,27,32)(H,28,33)(H,29,30)/t24-/m0/s1. The highest BCUT2D eigenvalue weighted by Gasteiger charge is 2.25. The van der Waals surface area contributed by atoms with Gasteiger partial charge in [0.2, 0.25) is 21.8 Å². The number of hydrogen-bond donors (Lipinski definition) is 3. The van der Waals surface area contributed by atoms with E-state index in [9.17, 15) is 18.0 Å². The molecule has 0 saturated carbocycles. The van der Waals surface area contributed by atoms with E-state index in [1.165, 1.54) is 38.2 Å². The Morgan fingerprint density at radius 1 is 0.972 bits per heavy atom. The van der Waals surface area contributed by atoms with E-state index in [1.54, 1.807) is 0 Å². The number of fused-ring (bicyclic) bond motifs is 1. The molecule has 1 aromatic heterocycles. The fraction of sp³-hybridized carbons (Fsp3) is 0.192. The number of para-hydroxylation sites is 2. The van der Waals surface area contributed by atoms with Gasteiger partial charge in [0.25, 0.3) is 0 Å². The molecule has 1 heterocycles. The van der Waals surface area contributed by atoms with Gasteiger partial charge in [0.15, 0.2) is 0 Å². The van der Waals surface area contributed by atoms with Crippen LogP contribution in [0.4, 0.5) is 5.69 Å². The minimum absolute atomic E-state index is 0.0185. The molecule has 0 unspecified atom stereocenters. The van der Waals surface area contributed by atoms with Gasteiger partial charge in [-0.15, -0.1) is 0 Å². The Balaban J connectivity index is 1.50. The van der Waals surface area contributed by atoms with Crippen LogP contribution < -0.4 is 10.6 Å². The van der Waals surface area contributed by atoms with Crippen LogP contribution in [0.5, 0.6) is 0 Å². The molecule has 0 bridgehead atoms. The smallest absolute Gasteiger partial charge is 0.243 e. The topological polar surface area (TPSA) is 124 Å². The molecular weight excluding hydrogens is 478 g/mol. The number of hydrogen-bond acceptors (Lipinski definition) is 5. The van der Waals surface area contributed by atoms with Gasteiger partial charge in [-0.05, 0) is 48.4 Å². The van der Waals surface area contributed by atoms with E-state index < -0.39 is 22.0 Å². The van der Waals surface area contributed by atoms with Crippen LogP contribution in [0.15, 0.2) is 83.8 Å². The van der Waals surface area contributed by atoms with E-state index in [2.05, 4.69) is 20.6 Å². The summed E-state index contributed by atoms with van der Waals surface area (Å²) in [7, 11) is -2.57. The predicted octanol–water partition coefficient (Wildman–Crippen LogP) is 3.24. The van der Waals surface area contributed by atoms with Gasteiger partial charge in [-0.25, -0.2) is 13.4 Å². The number of sulfonamides is 1. The lowest BCUT2D eigenvalue weighted by atomic mass is 10.1. The van der Waals surface area contributed by atoms with Crippen LogP contribution in [-0.2, 0) is 26.0 Å². The maximum atomic E-state index is 13.0. The number of carbonyl (C=O) groups excluding carboxylic acids is 2. The summed E-state index contributed by atoms with van der Waals surface area (Å²) in [4.78, 5) is 32.1. The van der Waals surface area contributed by atoms with E-state index in [0.717, 1.165) is 20.9 Å². The molecule has 9 nitrogen and oxygen atoms in total. The Kier molecular flexibility index (Phi) is 7.47. The lowest BCUT2D eigenvalue weighted by Gasteiger charge is -2.21. The van der Waals surface area contributed by atoms with E-state index in [4.69, 9.17) is 0 Å². The molecule has 2 amide bonds. The van der Waals surface area contributed by atoms with Gasteiger partial charge < -0.3 is 15.6 Å². The van der Waals surface area contributed by atoms with Gasteiger partial charge in [-0.2, -0.15) is 4.31 Å². The van der Waals surface area contributed by atoms with Gasteiger partial charge in [0.1, 0.15) is 5.82 Å². The number of carbonyl (C=O) groups is 2. The van der Waals surface area contributed by atoms with E-state index in [-0.39, 0.29) is 17.3 Å². The lowest BCUT2D eigenvalue weighted by Crippen LogP contribution is -2.40. The number of rotatable bonds is 9. The third-order valence-electron chi connectivity index (χ3n) is 5.60. The highest BCUT2D eigenvalue weighted by molar-refractivity contribution is 7.89. The average Bonchev–Trinajstić information content (AvgIpc) is 3.28. The number of amides is 2. The summed E-state index contributed by atoms with van der Waals surface area (Å²) in [5, 5.41) is 5.53. The summed E-state index contributed by atoms with van der Waals surface area (Å²) in [5.41, 5.74) is 3.12. The maximum absolute atomic E-state index is 13.0. The van der Waals surface area contributed by atoms with Crippen molar-refractivity contribution in [2.75, 3.05) is 18.9 Å². The number of benzene rings is 3. The van der Waals surface area contributed by atoms with Crippen LogP contribution in [0, 0.1) is 0 Å². The number of nitrogens with zero attached hydrogens (tertiary/aromatic N) is 2. The third-order valence-corrected chi connectivity index (χ3v) is 7.42. The largest absolute Gasteiger partial charge is 0.345 e. The second kappa shape index (κ2) is 10.7. The number of nitrogens with one attached hydrogen (secondary N) is 3. The molecule has 0 spiro atoms. The van der Waals surface area contributed by atoms with Gasteiger partial charge in [0, 0.05) is 19.7 Å². The lowest BCUT2D eigenvalue weighted by molar-refractivity contribution is -0.122. The molecule has 0 aliphatic carbocycles. The Labute approximate surface area is 209 Å². The Bertz CT molecular complexity index is 1430. The highest BCUT2D eigenvalue weighted by atomic mass is 32.2. The quantitative estimate of drug-likeness (QED) is 0.322. The van der Waals surface area contributed by atoms with Crippen molar-refractivity contribution >= 4 is 38.6 Å². The number of H-pyrrole nitrogens is 1. The fourth-order valence-corrected chi connectivity index (χ4v) is 4.95. The average molecular weight is 506 g/mol. The van der Waals surface area contributed by atoms with E-state index in [0.29, 0.717) is 17.9 Å². The summed E-state index contributed by atoms with van der Waals surface area (Å²) in [6.45, 7) is 0.995. The van der Waals surface area contributed by atoms with Crippen molar-refractivity contribution in [1.29, 1.82) is 0 Å². The second-order valence-electron chi connectivity index (χ2n) is 8.42. The zero-order valence-electron chi connectivity index (χ0n) is 19.9. The minimum Gasteiger partial charge on any atom is -0.345 e. The van der Waals surface area contributed by atoms with Crippen LogP contribution in [0.3, 0.4) is 0 Å². The highest BCUT2D eigenvalue weighted by Crippen LogP contribution is 2.21. The van der Waals surface area contributed by atoms with Crippen LogP contribution in [0.2, 0.25) is 0 Å². The SMILES string of the molecule is CC(=O)Nc1ccc(S(=O)(=O)N(C)CC(=O)N[C@@H](Cc2ccccc2)c2nc3ccccc3[nH]2)cc1. The normalized spacial score (nSPS) is 12.4. The molecule has 1 atom stereocenters. The summed E-state index contributed by atoms with van der Waals surface area (Å²) < 4.78 is 27.0. The van der Waals surface area contributed by atoms with E-state index >= 15 is 0 Å². The molecule has 3 aromatic carbocycles. The van der Waals surface area contributed by atoms with E-state index in [1.807, 2.05) is 54.6 Å². The maximum Gasteiger partial charge on any atom is 0.243 e. The third kappa shape index (κ3) is 5.96. The first-order valence-electron chi connectivity index (χ1n) is 11.3. The van der Waals surface area contributed by atoms with Gasteiger partial charge in [-0.1, -0.05) is 42.5 Å². The van der Waals surface area contributed by atoms with Crippen molar-refractivity contribution in [2.24, 2.45) is 0 Å². The molecular formula is C26H27N5O4S. The van der Waals surface area contributed by atoms with Gasteiger partial charge >= 0.3 is 0 Å². The summed E-state index contributed by atoms with van der Waals surface area (Å²) in [6.07, 6.45) is 0.480. The molecule has 0 saturated heterocycles. The molecule has 0 fully saturated rings. The Hall–Kier alpha value is -4.02. The molecule has 0 aliphatic rings. The van der Waals surface area contributed by atoms with Gasteiger partial charge in [0.05, 0.1) is 28.5 Å². The molecule has 10 heteroatoms. The van der Waals surface area contributed by atoms with Gasteiger partial charge in [-0.3, -0.25) is 9.59 Å². The zero-order valence-corrected chi connectivity index (χ0v) is 20.7. The van der Waals surface area contributed by atoms with Crippen molar-refractivity contribution in [2.45, 2.75) is 24.3 Å². The van der Waals surface area contributed by atoms with Crippen molar-refractivity contribution in [3.8, 4) is 0 Å². The van der Waals surface area contributed by atoms with Crippen LogP contribution in [0.1, 0.15) is 24.4 Å². The molecule has 36 heavy (non-hydrogen) atoms. The number of aromatic amines is 1. The van der Waals surface area contributed by atoms with Crippen LogP contribution in [0.25, 0.3) is 11.0 Å². The van der Waals surface area contributed by atoms with Crippen molar-refractivity contribution < 1.29 is 18.0 Å². The Morgan fingerprint density at radius 3 is 2.31 bits per heavy atom. The first kappa shape index (κ1) is 25.1. The van der Waals surface area contributed by atoms with Crippen molar-refractivity contribution in [3.63, 3.8) is 0 Å². The van der Waals surface area contributed by atoms with Crippen LogP contribution >= 0.6 is 0 Å². The fourth-order valence-electron chi connectivity index (χ4n) is 3.82. The predicted molar refractivity (Wildman–Crippen MR) is 138 cm³/mol. The monoisotopic (exact) mass is 505 g/mol. The number of aromatic nitrogens is 2. The summed E-state index contributed by atoms with van der Waals surface area (Å²) in [5.74, 6) is -0.126. The molecule has 4 rings (SSSR count). The first-order chi connectivity index (χ1) is 17.2. The summed E-state index contributed by atoms with van der Waals surface area (Å²) >= 11 is 0. The molecule has 3 N–H and O–H groups in total. The molecule has 0 aliphatic heterocycles. The van der Waals surface area contributed by atoms with Crippen LogP contribution in [-0.4, -0.2) is 48.1 Å². The summed E-state index contributed by atoms with van der Waals surface area (Å²) in [6, 6.07) is 22.6. The zero-order chi connectivity index (χ0) is 25.7. The molecule has 4 aromatic rings. The minimum atomic E-state index is -3.92. The number of imidazole rings is 1. The number of anilines is 1. The second-order valence-corrected chi connectivity index (χ2v) is 10.5. The molecule has 186 valence electrons. The van der Waals surface area contributed by atoms with Crippen molar-refractivity contribution in [3.05, 3.63) is 90.3 Å². The first-order valence-corrected chi connectivity index (χ1v) is 12.8.